The summed E-state index contributed by atoms with van der Waals surface area (Å²) in [5, 5.41) is 6.74. The molecular formula is C23H41N5O. The molecule has 0 radical (unpaired) electrons. The summed E-state index contributed by atoms with van der Waals surface area (Å²) in [6, 6.07) is 8.94. The van der Waals surface area contributed by atoms with E-state index in [4.69, 9.17) is 9.73 Å². The van der Waals surface area contributed by atoms with Gasteiger partial charge in [-0.25, -0.2) is 4.99 Å². The number of aliphatic imine (C=N–C) groups is 1. The van der Waals surface area contributed by atoms with E-state index in [1.165, 1.54) is 43.9 Å². The summed E-state index contributed by atoms with van der Waals surface area (Å²) in [6.45, 7) is 17.4. The number of nitrogens with one attached hydrogen (secondary N) is 2. The number of nitrogens with zero attached hydrogens (tertiary/aromatic N) is 3. The highest BCUT2D eigenvalue weighted by atomic mass is 16.5. The maximum atomic E-state index is 5.38. The molecule has 164 valence electrons. The third-order valence-corrected chi connectivity index (χ3v) is 5.32. The number of hydrogen-bond donors (Lipinski definition) is 2. The maximum Gasteiger partial charge on any atom is 0.191 e. The molecule has 0 aliphatic carbocycles. The SMILES string of the molecule is CCNC(=NCc1ccc(CN2CCN(CC)CC2)cc1)NCCCCOCC. The summed E-state index contributed by atoms with van der Waals surface area (Å²) < 4.78 is 5.38. The quantitative estimate of drug-likeness (QED) is 0.319. The molecule has 0 atom stereocenters. The lowest BCUT2D eigenvalue weighted by atomic mass is 10.1. The highest BCUT2D eigenvalue weighted by Crippen LogP contribution is 2.11. The van der Waals surface area contributed by atoms with E-state index in [0.29, 0.717) is 6.54 Å². The van der Waals surface area contributed by atoms with Crippen LogP contribution in [0.3, 0.4) is 0 Å². The van der Waals surface area contributed by atoms with Crippen molar-refractivity contribution in [1.29, 1.82) is 0 Å². The summed E-state index contributed by atoms with van der Waals surface area (Å²) in [7, 11) is 0. The van der Waals surface area contributed by atoms with Crippen LogP contribution in [0.15, 0.2) is 29.3 Å². The molecule has 2 rings (SSSR count). The van der Waals surface area contributed by atoms with Gasteiger partial charge in [0.2, 0.25) is 0 Å². The van der Waals surface area contributed by atoms with Crippen molar-refractivity contribution in [3.8, 4) is 0 Å². The van der Waals surface area contributed by atoms with Crippen LogP contribution in [0.1, 0.15) is 44.7 Å². The van der Waals surface area contributed by atoms with Gasteiger partial charge >= 0.3 is 0 Å². The normalized spacial score (nSPS) is 16.2. The minimum atomic E-state index is 0.698. The number of guanidine groups is 1. The molecule has 0 bridgehead atoms. The fourth-order valence-electron chi connectivity index (χ4n) is 3.46. The highest BCUT2D eigenvalue weighted by molar-refractivity contribution is 5.79. The van der Waals surface area contributed by atoms with E-state index in [2.05, 4.69) is 58.5 Å². The van der Waals surface area contributed by atoms with Crippen molar-refractivity contribution in [2.45, 2.75) is 46.7 Å². The third-order valence-electron chi connectivity index (χ3n) is 5.32. The van der Waals surface area contributed by atoms with E-state index in [0.717, 1.165) is 51.6 Å². The Morgan fingerprint density at radius 2 is 1.62 bits per heavy atom. The first-order valence-electron chi connectivity index (χ1n) is 11.4. The molecule has 2 N–H and O–H groups in total. The van der Waals surface area contributed by atoms with E-state index in [1.54, 1.807) is 0 Å². The predicted octanol–water partition coefficient (Wildman–Crippen LogP) is 2.70. The first-order chi connectivity index (χ1) is 14.2. The van der Waals surface area contributed by atoms with Gasteiger partial charge in [0, 0.05) is 59.0 Å². The Kier molecular flexibility index (Phi) is 11.7. The monoisotopic (exact) mass is 403 g/mol. The van der Waals surface area contributed by atoms with Crippen LogP contribution in [0, 0.1) is 0 Å². The zero-order valence-electron chi connectivity index (χ0n) is 18.8. The van der Waals surface area contributed by atoms with E-state index in [1.807, 2.05) is 6.92 Å². The van der Waals surface area contributed by atoms with E-state index in [9.17, 15) is 0 Å². The van der Waals surface area contributed by atoms with Gasteiger partial charge in [-0.15, -0.1) is 0 Å². The molecule has 6 nitrogen and oxygen atoms in total. The average molecular weight is 404 g/mol. The van der Waals surface area contributed by atoms with Crippen molar-refractivity contribution in [2.24, 2.45) is 4.99 Å². The van der Waals surface area contributed by atoms with Crippen LogP contribution in [-0.2, 0) is 17.8 Å². The summed E-state index contributed by atoms with van der Waals surface area (Å²) in [5.41, 5.74) is 2.64. The van der Waals surface area contributed by atoms with Crippen molar-refractivity contribution in [3.05, 3.63) is 35.4 Å². The van der Waals surface area contributed by atoms with Crippen LogP contribution in [0.2, 0.25) is 0 Å². The van der Waals surface area contributed by atoms with Gasteiger partial charge in [0.1, 0.15) is 0 Å². The van der Waals surface area contributed by atoms with Gasteiger partial charge in [0.15, 0.2) is 5.96 Å². The van der Waals surface area contributed by atoms with Gasteiger partial charge in [0.25, 0.3) is 0 Å². The number of hydrogen-bond acceptors (Lipinski definition) is 4. The summed E-state index contributed by atoms with van der Waals surface area (Å²) in [4.78, 5) is 9.80. The number of piperazine rings is 1. The Balaban J connectivity index is 1.74. The molecule has 1 aliphatic rings. The minimum Gasteiger partial charge on any atom is -0.382 e. The van der Waals surface area contributed by atoms with Crippen LogP contribution in [0.5, 0.6) is 0 Å². The van der Waals surface area contributed by atoms with Crippen LogP contribution in [-0.4, -0.2) is 74.8 Å². The second-order valence-electron chi connectivity index (χ2n) is 7.55. The number of benzene rings is 1. The Bertz CT molecular complexity index is 567. The highest BCUT2D eigenvalue weighted by Gasteiger charge is 2.15. The Labute approximate surface area is 177 Å². The van der Waals surface area contributed by atoms with E-state index < -0.39 is 0 Å². The second kappa shape index (κ2) is 14.4. The van der Waals surface area contributed by atoms with E-state index in [-0.39, 0.29) is 0 Å². The molecule has 0 saturated carbocycles. The molecule has 0 spiro atoms. The lowest BCUT2D eigenvalue weighted by Crippen LogP contribution is -2.45. The van der Waals surface area contributed by atoms with Crippen molar-refractivity contribution in [2.75, 3.05) is 59.0 Å². The molecule has 1 aliphatic heterocycles. The number of likely N-dealkylation sites (N-methyl/N-ethyl adjacent to an activating group) is 1. The molecule has 0 unspecified atom stereocenters. The van der Waals surface area contributed by atoms with Crippen LogP contribution < -0.4 is 10.6 Å². The third kappa shape index (κ3) is 9.61. The summed E-state index contributed by atoms with van der Waals surface area (Å²) in [6.07, 6.45) is 2.17. The molecule has 0 aromatic heterocycles. The first kappa shape index (κ1) is 23.6. The molecule has 1 saturated heterocycles. The smallest absolute Gasteiger partial charge is 0.191 e. The number of unbranched alkanes of at least 4 members (excludes halogenated alkanes) is 1. The maximum absolute atomic E-state index is 5.38. The topological polar surface area (TPSA) is 52.1 Å². The predicted molar refractivity (Wildman–Crippen MR) is 122 cm³/mol. The molecular weight excluding hydrogens is 362 g/mol. The lowest BCUT2D eigenvalue weighted by molar-refractivity contribution is 0.132. The first-order valence-corrected chi connectivity index (χ1v) is 11.4. The summed E-state index contributed by atoms with van der Waals surface area (Å²) >= 11 is 0. The fourth-order valence-corrected chi connectivity index (χ4v) is 3.46. The molecule has 1 aromatic carbocycles. The second-order valence-corrected chi connectivity index (χ2v) is 7.55. The zero-order valence-corrected chi connectivity index (χ0v) is 18.8. The van der Waals surface area contributed by atoms with Crippen molar-refractivity contribution < 1.29 is 4.74 Å². The van der Waals surface area contributed by atoms with Crippen LogP contribution >= 0.6 is 0 Å². The van der Waals surface area contributed by atoms with Gasteiger partial charge in [-0.3, -0.25) is 4.90 Å². The van der Waals surface area contributed by atoms with Gasteiger partial charge in [-0.1, -0.05) is 31.2 Å². The van der Waals surface area contributed by atoms with Gasteiger partial charge < -0.3 is 20.3 Å². The zero-order chi connectivity index (χ0) is 20.7. The standard InChI is InChI=1S/C23H41N5O/c1-4-24-23(25-13-7-8-18-29-6-3)26-19-21-9-11-22(12-10-21)20-28-16-14-27(5-2)15-17-28/h9-12H,4-8,13-20H2,1-3H3,(H2,24,25,26). The largest absolute Gasteiger partial charge is 0.382 e. The van der Waals surface area contributed by atoms with Gasteiger partial charge in [0.05, 0.1) is 6.54 Å². The van der Waals surface area contributed by atoms with Crippen LogP contribution in [0.25, 0.3) is 0 Å². The molecule has 0 amide bonds. The van der Waals surface area contributed by atoms with Gasteiger partial charge in [-0.05, 0) is 44.4 Å². The fraction of sp³-hybridized carbons (Fsp3) is 0.696. The van der Waals surface area contributed by atoms with Crippen LogP contribution in [0.4, 0.5) is 0 Å². The van der Waals surface area contributed by atoms with E-state index >= 15 is 0 Å². The molecule has 29 heavy (non-hydrogen) atoms. The van der Waals surface area contributed by atoms with Crippen molar-refractivity contribution in [3.63, 3.8) is 0 Å². The van der Waals surface area contributed by atoms with Gasteiger partial charge in [-0.2, -0.15) is 0 Å². The Morgan fingerprint density at radius 3 is 2.28 bits per heavy atom. The molecule has 6 heteroatoms. The van der Waals surface area contributed by atoms with Crippen molar-refractivity contribution in [1.82, 2.24) is 20.4 Å². The average Bonchev–Trinajstić information content (AvgIpc) is 2.76. The lowest BCUT2D eigenvalue weighted by Gasteiger charge is -2.34. The minimum absolute atomic E-state index is 0.698. The Hall–Kier alpha value is -1.63. The number of rotatable bonds is 12. The number of ether oxygens (including phenoxy) is 1. The Morgan fingerprint density at radius 1 is 0.931 bits per heavy atom. The van der Waals surface area contributed by atoms with Crippen molar-refractivity contribution >= 4 is 5.96 Å². The molecule has 1 heterocycles. The molecule has 1 fully saturated rings. The molecule has 1 aromatic rings. The summed E-state index contributed by atoms with van der Waals surface area (Å²) in [5.74, 6) is 0.891.